The predicted molar refractivity (Wildman–Crippen MR) is 99.1 cm³/mol. The first-order valence-electron chi connectivity index (χ1n) is 6.93. The van der Waals surface area contributed by atoms with Crippen LogP contribution in [0.5, 0.6) is 0 Å². The molecule has 0 fully saturated rings. The van der Waals surface area contributed by atoms with Gasteiger partial charge in [-0.3, -0.25) is 4.99 Å². The van der Waals surface area contributed by atoms with Crippen molar-refractivity contribution in [2.75, 3.05) is 25.0 Å². The van der Waals surface area contributed by atoms with Crippen LogP contribution in [-0.2, 0) is 0 Å². The van der Waals surface area contributed by atoms with E-state index in [0.29, 0.717) is 6.54 Å². The lowest BCUT2D eigenvalue weighted by molar-refractivity contribution is 0.653. The molecule has 0 saturated heterocycles. The first-order valence-corrected chi connectivity index (χ1v) is 6.93. The van der Waals surface area contributed by atoms with Gasteiger partial charge in [-0.15, -0.1) is 24.8 Å². The van der Waals surface area contributed by atoms with Crippen LogP contribution < -0.4 is 10.6 Å². The summed E-state index contributed by atoms with van der Waals surface area (Å²) < 4.78 is 0. The number of likely N-dealkylation sites (N-methyl/N-ethyl adjacent to an activating group) is 1. The van der Waals surface area contributed by atoms with Crippen molar-refractivity contribution in [1.29, 1.82) is 0 Å². The molecule has 5 heteroatoms. The number of anilines is 1. The number of hydrogen-bond acceptors (Lipinski definition) is 3. The lowest BCUT2D eigenvalue weighted by atomic mass is 10.0. The largest absolute Gasteiger partial charge is 0.368 e. The van der Waals surface area contributed by atoms with Crippen molar-refractivity contribution in [3.8, 4) is 0 Å². The summed E-state index contributed by atoms with van der Waals surface area (Å²) in [7, 11) is 2.10. The van der Waals surface area contributed by atoms with E-state index in [2.05, 4.69) is 60.5 Å². The number of benzodiazepines with no additional fused rings is 1. The summed E-state index contributed by atoms with van der Waals surface area (Å²) in [6.07, 6.45) is 0. The van der Waals surface area contributed by atoms with E-state index in [1.807, 2.05) is 6.07 Å². The number of fused-ring (bicyclic) bond motifs is 1. The zero-order valence-corrected chi connectivity index (χ0v) is 14.1. The number of hydrogen-bond donors (Lipinski definition) is 1. The molecule has 0 aromatic heterocycles. The molecule has 2 aromatic carbocycles. The quantitative estimate of drug-likeness (QED) is 0.914. The zero-order valence-electron chi connectivity index (χ0n) is 12.5. The molecule has 3 rings (SSSR count). The van der Waals surface area contributed by atoms with Crippen LogP contribution in [-0.4, -0.2) is 31.9 Å². The lowest BCUT2D eigenvalue weighted by Crippen LogP contribution is -2.39. The number of nitrogens with two attached hydrogens (primary N) is 1. The van der Waals surface area contributed by atoms with Crippen LogP contribution in [0.4, 0.5) is 5.69 Å². The number of para-hydroxylation sites is 1. The second kappa shape index (κ2) is 8.18. The number of halogens is 2. The van der Waals surface area contributed by atoms with Gasteiger partial charge in [0.25, 0.3) is 0 Å². The fourth-order valence-corrected chi connectivity index (χ4v) is 2.66. The van der Waals surface area contributed by atoms with E-state index in [1.165, 1.54) is 11.3 Å². The van der Waals surface area contributed by atoms with Crippen molar-refractivity contribution in [2.45, 2.75) is 6.04 Å². The van der Waals surface area contributed by atoms with Crippen LogP contribution in [0, 0.1) is 0 Å². The molecule has 118 valence electrons. The minimum Gasteiger partial charge on any atom is -0.368 e. The second-order valence-electron chi connectivity index (χ2n) is 5.07. The smallest absolute Gasteiger partial charge is 0.0740 e. The van der Waals surface area contributed by atoms with E-state index >= 15 is 0 Å². The van der Waals surface area contributed by atoms with Gasteiger partial charge in [-0.05, 0) is 6.07 Å². The first kappa shape index (κ1) is 18.5. The van der Waals surface area contributed by atoms with E-state index < -0.39 is 0 Å². The van der Waals surface area contributed by atoms with E-state index in [-0.39, 0.29) is 30.9 Å². The van der Waals surface area contributed by atoms with Crippen molar-refractivity contribution in [1.82, 2.24) is 0 Å². The van der Waals surface area contributed by atoms with Gasteiger partial charge < -0.3 is 10.6 Å². The van der Waals surface area contributed by atoms with E-state index in [0.717, 1.165) is 17.8 Å². The highest BCUT2D eigenvalue weighted by atomic mass is 35.5. The third kappa shape index (κ3) is 3.43. The van der Waals surface area contributed by atoms with E-state index in [4.69, 9.17) is 10.7 Å². The number of nitrogens with zero attached hydrogens (tertiary/aromatic N) is 2. The van der Waals surface area contributed by atoms with Crippen molar-refractivity contribution in [2.24, 2.45) is 10.7 Å². The minimum absolute atomic E-state index is 0. The Morgan fingerprint density at radius 2 is 1.68 bits per heavy atom. The van der Waals surface area contributed by atoms with Crippen molar-refractivity contribution in [3.05, 3.63) is 65.7 Å². The molecule has 2 N–H and O–H groups in total. The number of benzene rings is 2. The predicted octanol–water partition coefficient (Wildman–Crippen LogP) is 3.14. The average Bonchev–Trinajstić information content (AvgIpc) is 2.65. The molecule has 2 aromatic rings. The molecule has 22 heavy (non-hydrogen) atoms. The van der Waals surface area contributed by atoms with Crippen LogP contribution in [0.25, 0.3) is 0 Å². The lowest BCUT2D eigenvalue weighted by Gasteiger charge is -2.27. The summed E-state index contributed by atoms with van der Waals surface area (Å²) in [5.41, 5.74) is 10.5. The van der Waals surface area contributed by atoms with Gasteiger partial charge in [0.2, 0.25) is 0 Å². The molecule has 0 bridgehead atoms. The minimum atomic E-state index is 0. The van der Waals surface area contributed by atoms with Crippen molar-refractivity contribution >= 4 is 36.2 Å². The fourth-order valence-electron chi connectivity index (χ4n) is 2.66. The highest BCUT2D eigenvalue weighted by Gasteiger charge is 2.22. The number of rotatable bonds is 2. The van der Waals surface area contributed by atoms with Crippen LogP contribution >= 0.6 is 24.8 Å². The first-order chi connectivity index (χ1) is 9.81. The third-order valence-corrected chi connectivity index (χ3v) is 3.87. The summed E-state index contributed by atoms with van der Waals surface area (Å²) in [5.74, 6) is 0. The van der Waals surface area contributed by atoms with Crippen LogP contribution in [0.15, 0.2) is 59.6 Å². The second-order valence-corrected chi connectivity index (χ2v) is 5.07. The maximum Gasteiger partial charge on any atom is 0.0740 e. The molecule has 1 unspecified atom stereocenters. The molecule has 1 atom stereocenters. The Labute approximate surface area is 144 Å². The molecule has 1 heterocycles. The van der Waals surface area contributed by atoms with Gasteiger partial charge in [-0.25, -0.2) is 0 Å². The Hall–Kier alpha value is -1.55. The Balaban J connectivity index is 0.00000121. The normalized spacial score (nSPS) is 16.5. The Bertz CT molecular complexity index is 629. The molecule has 0 radical (unpaired) electrons. The zero-order chi connectivity index (χ0) is 13.9. The molecule has 0 amide bonds. The van der Waals surface area contributed by atoms with E-state index in [1.54, 1.807) is 0 Å². The molecular weight excluding hydrogens is 317 g/mol. The summed E-state index contributed by atoms with van der Waals surface area (Å²) in [4.78, 5) is 7.08. The Morgan fingerprint density at radius 3 is 2.36 bits per heavy atom. The molecule has 0 aliphatic carbocycles. The molecule has 1 aliphatic heterocycles. The Morgan fingerprint density at radius 1 is 1.05 bits per heavy atom. The van der Waals surface area contributed by atoms with Gasteiger partial charge in [-0.1, -0.05) is 48.5 Å². The van der Waals surface area contributed by atoms with E-state index in [9.17, 15) is 0 Å². The topological polar surface area (TPSA) is 41.6 Å². The van der Waals surface area contributed by atoms with Crippen molar-refractivity contribution < 1.29 is 0 Å². The third-order valence-electron chi connectivity index (χ3n) is 3.87. The summed E-state index contributed by atoms with van der Waals surface area (Å²) in [6.45, 7) is 1.34. The van der Waals surface area contributed by atoms with Crippen molar-refractivity contribution in [3.63, 3.8) is 0 Å². The highest BCUT2D eigenvalue weighted by Crippen LogP contribution is 2.27. The molecule has 0 spiro atoms. The van der Waals surface area contributed by atoms with Gasteiger partial charge in [0, 0.05) is 30.4 Å². The number of aliphatic imine (C=N–C) groups is 1. The van der Waals surface area contributed by atoms with Crippen LogP contribution in [0.1, 0.15) is 11.1 Å². The summed E-state index contributed by atoms with van der Waals surface area (Å²) in [5, 5.41) is 0. The van der Waals surface area contributed by atoms with Gasteiger partial charge in [0.1, 0.15) is 0 Å². The maximum atomic E-state index is 5.89. The highest BCUT2D eigenvalue weighted by molar-refractivity contribution is 6.16. The Kier molecular flexibility index (Phi) is 6.88. The molecule has 0 saturated carbocycles. The average molecular weight is 338 g/mol. The summed E-state index contributed by atoms with van der Waals surface area (Å²) >= 11 is 0. The SMILES string of the molecule is CN1c2ccccc2C(c2ccccc2)=NCC1CN.Cl.Cl. The van der Waals surface area contributed by atoms with Crippen LogP contribution in [0.2, 0.25) is 0 Å². The standard InChI is InChI=1S/C17H19N3.2ClH/c1-20-14(11-18)12-19-17(13-7-3-2-4-8-13)15-9-5-6-10-16(15)20;;/h2-10,14H,11-12,18H2,1H3;2*1H. The van der Waals surface area contributed by atoms with Gasteiger partial charge in [0.05, 0.1) is 18.3 Å². The fraction of sp³-hybridized carbons (Fsp3) is 0.235. The van der Waals surface area contributed by atoms with Gasteiger partial charge in [-0.2, -0.15) is 0 Å². The van der Waals surface area contributed by atoms with Gasteiger partial charge in [0.15, 0.2) is 0 Å². The van der Waals surface area contributed by atoms with Gasteiger partial charge >= 0.3 is 0 Å². The molecule has 3 nitrogen and oxygen atoms in total. The summed E-state index contributed by atoms with van der Waals surface area (Å²) in [6, 6.07) is 19.0. The molecular formula is C17H21Cl2N3. The monoisotopic (exact) mass is 337 g/mol. The van der Waals surface area contributed by atoms with Crippen LogP contribution in [0.3, 0.4) is 0 Å². The molecule has 1 aliphatic rings. The maximum absolute atomic E-state index is 5.89.